The maximum Gasteiger partial charge on any atom is 0.261 e. The van der Waals surface area contributed by atoms with E-state index in [0.29, 0.717) is 0 Å². The van der Waals surface area contributed by atoms with E-state index in [4.69, 9.17) is 5.26 Å². The molecule has 90 valence electrons. The Bertz CT molecular complexity index is 511. The molecule has 1 amide bonds. The number of pyridine rings is 1. The van der Waals surface area contributed by atoms with Crippen LogP contribution >= 0.6 is 0 Å². The molecule has 0 aromatic carbocycles. The van der Waals surface area contributed by atoms with Gasteiger partial charge >= 0.3 is 0 Å². The summed E-state index contributed by atoms with van der Waals surface area (Å²) >= 11 is 0. The van der Waals surface area contributed by atoms with Crippen molar-refractivity contribution >= 4 is 5.91 Å². The summed E-state index contributed by atoms with van der Waals surface area (Å²) in [6, 6.07) is 3.53. The van der Waals surface area contributed by atoms with Gasteiger partial charge in [0.15, 0.2) is 0 Å². The first-order valence-corrected chi connectivity index (χ1v) is 5.48. The molecule has 0 aliphatic heterocycles. The number of amides is 1. The average Bonchev–Trinajstić information content (AvgIpc) is 2.29. The van der Waals surface area contributed by atoms with E-state index in [1.165, 1.54) is 0 Å². The van der Waals surface area contributed by atoms with Crippen LogP contribution in [0.5, 0.6) is 0 Å². The number of nitrogens with one attached hydrogen (secondary N) is 2. The third-order valence-corrected chi connectivity index (χ3v) is 2.49. The zero-order chi connectivity index (χ0) is 12.8. The number of aromatic amines is 1. The molecule has 0 radical (unpaired) electrons. The van der Waals surface area contributed by atoms with Crippen molar-refractivity contribution in [2.45, 2.75) is 26.7 Å². The lowest BCUT2D eigenvalue weighted by Crippen LogP contribution is -2.30. The quantitative estimate of drug-likeness (QED) is 0.757. The molecular formula is C12H15N3O2. The van der Waals surface area contributed by atoms with E-state index in [9.17, 15) is 9.59 Å². The number of rotatable bonds is 4. The SMILES string of the molecule is CCc1cc(C(=O)NCCC#N)c(=O)[nH]c1C. The summed E-state index contributed by atoms with van der Waals surface area (Å²) in [4.78, 5) is 25.9. The van der Waals surface area contributed by atoms with Crippen molar-refractivity contribution in [3.8, 4) is 6.07 Å². The highest BCUT2D eigenvalue weighted by molar-refractivity contribution is 5.94. The maximum atomic E-state index is 11.7. The molecule has 5 nitrogen and oxygen atoms in total. The van der Waals surface area contributed by atoms with Crippen LogP contribution in [-0.4, -0.2) is 17.4 Å². The third-order valence-electron chi connectivity index (χ3n) is 2.49. The molecule has 0 aliphatic carbocycles. The van der Waals surface area contributed by atoms with Gasteiger partial charge in [0.2, 0.25) is 0 Å². The predicted molar refractivity (Wildman–Crippen MR) is 63.7 cm³/mol. The van der Waals surface area contributed by atoms with Crippen molar-refractivity contribution in [1.82, 2.24) is 10.3 Å². The zero-order valence-electron chi connectivity index (χ0n) is 9.96. The Morgan fingerprint density at radius 3 is 2.88 bits per heavy atom. The van der Waals surface area contributed by atoms with Crippen molar-refractivity contribution in [3.05, 3.63) is 33.2 Å². The van der Waals surface area contributed by atoms with Gasteiger partial charge in [-0.1, -0.05) is 6.92 Å². The minimum atomic E-state index is -0.434. The summed E-state index contributed by atoms with van der Waals surface area (Å²) in [6.45, 7) is 4.01. The first-order chi connectivity index (χ1) is 8.10. The molecule has 0 fully saturated rings. The molecule has 1 aromatic rings. The lowest BCUT2D eigenvalue weighted by Gasteiger charge is -2.06. The number of H-pyrrole nitrogens is 1. The van der Waals surface area contributed by atoms with Crippen LogP contribution in [0, 0.1) is 18.3 Å². The standard InChI is InChI=1S/C12H15N3O2/c1-3-9-7-10(12(17)15-8(9)2)11(16)14-6-4-5-13/h7H,3-4,6H2,1-2H3,(H,14,16)(H,15,17). The second kappa shape index (κ2) is 5.85. The summed E-state index contributed by atoms with van der Waals surface area (Å²) in [5.74, 6) is -0.434. The first-order valence-electron chi connectivity index (χ1n) is 5.48. The number of carbonyl (C=O) groups is 1. The molecular weight excluding hydrogens is 218 g/mol. The molecule has 1 aromatic heterocycles. The first kappa shape index (κ1) is 13.0. The molecule has 17 heavy (non-hydrogen) atoms. The predicted octanol–water partition coefficient (Wildman–Crippen LogP) is 0.889. The van der Waals surface area contributed by atoms with Crippen LogP contribution < -0.4 is 10.9 Å². The molecule has 0 unspecified atom stereocenters. The fourth-order valence-electron chi connectivity index (χ4n) is 1.53. The molecule has 2 N–H and O–H groups in total. The fourth-order valence-corrected chi connectivity index (χ4v) is 1.53. The fraction of sp³-hybridized carbons (Fsp3) is 0.417. The molecule has 0 bridgehead atoms. The van der Waals surface area contributed by atoms with E-state index in [2.05, 4.69) is 10.3 Å². The Balaban J connectivity index is 2.94. The number of aryl methyl sites for hydroxylation is 2. The Kier molecular flexibility index (Phi) is 4.46. The molecule has 5 heteroatoms. The second-order valence-electron chi connectivity index (χ2n) is 3.68. The van der Waals surface area contributed by atoms with E-state index < -0.39 is 11.5 Å². The van der Waals surface area contributed by atoms with E-state index in [-0.39, 0.29) is 18.5 Å². The Hall–Kier alpha value is -2.09. The minimum Gasteiger partial charge on any atom is -0.351 e. The summed E-state index contributed by atoms with van der Waals surface area (Å²) in [6.07, 6.45) is 0.983. The number of nitriles is 1. The van der Waals surface area contributed by atoms with Crippen molar-refractivity contribution in [3.63, 3.8) is 0 Å². The minimum absolute atomic E-state index is 0.102. The number of hydrogen-bond acceptors (Lipinski definition) is 3. The van der Waals surface area contributed by atoms with Crippen LogP contribution in [0.2, 0.25) is 0 Å². The third kappa shape index (κ3) is 3.18. The van der Waals surface area contributed by atoms with Gasteiger partial charge in [-0.15, -0.1) is 0 Å². The number of hydrogen-bond donors (Lipinski definition) is 2. The van der Waals surface area contributed by atoms with Crippen molar-refractivity contribution in [2.24, 2.45) is 0 Å². The Morgan fingerprint density at radius 1 is 1.59 bits per heavy atom. The van der Waals surface area contributed by atoms with Crippen molar-refractivity contribution in [2.75, 3.05) is 6.54 Å². The lowest BCUT2D eigenvalue weighted by molar-refractivity contribution is 0.0953. The monoisotopic (exact) mass is 233 g/mol. The normalized spacial score (nSPS) is 9.71. The van der Waals surface area contributed by atoms with Crippen LogP contribution in [0.25, 0.3) is 0 Å². The molecule has 0 saturated carbocycles. The number of nitrogens with zero attached hydrogens (tertiary/aromatic N) is 1. The van der Waals surface area contributed by atoms with E-state index in [1.807, 2.05) is 13.0 Å². The Morgan fingerprint density at radius 2 is 2.29 bits per heavy atom. The second-order valence-corrected chi connectivity index (χ2v) is 3.68. The van der Waals surface area contributed by atoms with Crippen LogP contribution in [-0.2, 0) is 6.42 Å². The summed E-state index contributed by atoms with van der Waals surface area (Å²) in [7, 11) is 0. The van der Waals surface area contributed by atoms with Gasteiger partial charge in [-0.25, -0.2) is 0 Å². The Labute approximate surface area is 99.5 Å². The average molecular weight is 233 g/mol. The summed E-state index contributed by atoms with van der Waals surface area (Å²) in [5, 5.41) is 10.9. The molecule has 0 aliphatic rings. The van der Waals surface area contributed by atoms with Gasteiger partial charge in [0.25, 0.3) is 11.5 Å². The number of aromatic nitrogens is 1. The highest BCUT2D eigenvalue weighted by Gasteiger charge is 2.11. The molecule has 0 atom stereocenters. The van der Waals surface area contributed by atoms with E-state index >= 15 is 0 Å². The highest BCUT2D eigenvalue weighted by Crippen LogP contribution is 2.05. The number of carbonyl (C=O) groups excluding carboxylic acids is 1. The van der Waals surface area contributed by atoms with Gasteiger partial charge in [-0.3, -0.25) is 9.59 Å². The van der Waals surface area contributed by atoms with Gasteiger partial charge in [0.1, 0.15) is 5.56 Å². The molecule has 1 heterocycles. The van der Waals surface area contributed by atoms with Gasteiger partial charge in [-0.2, -0.15) is 5.26 Å². The van der Waals surface area contributed by atoms with Crippen molar-refractivity contribution < 1.29 is 4.79 Å². The van der Waals surface area contributed by atoms with Crippen LogP contribution in [0.4, 0.5) is 0 Å². The van der Waals surface area contributed by atoms with E-state index in [1.54, 1.807) is 13.0 Å². The van der Waals surface area contributed by atoms with Gasteiger partial charge < -0.3 is 10.3 Å². The summed E-state index contributed by atoms with van der Waals surface area (Å²) < 4.78 is 0. The van der Waals surface area contributed by atoms with Crippen LogP contribution in [0.1, 0.15) is 35.0 Å². The van der Waals surface area contributed by atoms with Gasteiger partial charge in [0.05, 0.1) is 12.5 Å². The zero-order valence-corrected chi connectivity index (χ0v) is 9.96. The van der Waals surface area contributed by atoms with Crippen LogP contribution in [0.15, 0.2) is 10.9 Å². The highest BCUT2D eigenvalue weighted by atomic mass is 16.2. The lowest BCUT2D eigenvalue weighted by atomic mass is 10.1. The topological polar surface area (TPSA) is 85.8 Å². The van der Waals surface area contributed by atoms with Crippen LogP contribution in [0.3, 0.4) is 0 Å². The van der Waals surface area contributed by atoms with E-state index in [0.717, 1.165) is 17.7 Å². The molecule has 0 spiro atoms. The smallest absolute Gasteiger partial charge is 0.261 e. The molecule has 1 rings (SSSR count). The van der Waals surface area contributed by atoms with Gasteiger partial charge in [-0.05, 0) is 25.0 Å². The summed E-state index contributed by atoms with van der Waals surface area (Å²) in [5.41, 5.74) is 1.43. The maximum absolute atomic E-state index is 11.7. The largest absolute Gasteiger partial charge is 0.351 e. The van der Waals surface area contributed by atoms with Gasteiger partial charge in [0, 0.05) is 12.2 Å². The molecule has 0 saturated heterocycles. The van der Waals surface area contributed by atoms with Crippen molar-refractivity contribution in [1.29, 1.82) is 5.26 Å².